The highest BCUT2D eigenvalue weighted by atomic mass is 35.5. The van der Waals surface area contributed by atoms with Gasteiger partial charge in [-0.3, -0.25) is 4.79 Å². The van der Waals surface area contributed by atoms with Crippen molar-refractivity contribution in [3.05, 3.63) is 58.1 Å². The molecule has 0 atom stereocenters. The van der Waals surface area contributed by atoms with Crippen molar-refractivity contribution in [3.63, 3.8) is 0 Å². The van der Waals surface area contributed by atoms with Gasteiger partial charge in [0.1, 0.15) is 6.07 Å². The first kappa shape index (κ1) is 20.9. The van der Waals surface area contributed by atoms with E-state index in [0.717, 1.165) is 5.01 Å². The molecule has 0 aromatic heterocycles. The molecule has 2 aromatic rings. The SMILES string of the molecule is COc1cc(/C=C2/C(=O)N(c3ccc(Cl)c(C(=O)O)c3)N=C2C)ccc1OCC#N. The van der Waals surface area contributed by atoms with Crippen LogP contribution in [0.2, 0.25) is 5.02 Å². The fourth-order valence-corrected chi connectivity index (χ4v) is 3.04. The lowest BCUT2D eigenvalue weighted by atomic mass is 10.1. The van der Waals surface area contributed by atoms with Gasteiger partial charge >= 0.3 is 5.97 Å². The zero-order valence-corrected chi connectivity index (χ0v) is 16.8. The van der Waals surface area contributed by atoms with Gasteiger partial charge in [0.25, 0.3) is 5.91 Å². The van der Waals surface area contributed by atoms with Crippen LogP contribution < -0.4 is 14.5 Å². The summed E-state index contributed by atoms with van der Waals surface area (Å²) in [7, 11) is 1.47. The molecule has 152 valence electrons. The molecule has 9 heteroatoms. The van der Waals surface area contributed by atoms with E-state index in [-0.39, 0.29) is 17.2 Å². The van der Waals surface area contributed by atoms with E-state index in [1.165, 1.54) is 25.3 Å². The summed E-state index contributed by atoms with van der Waals surface area (Å²) in [4.78, 5) is 24.2. The average molecular weight is 426 g/mol. The van der Waals surface area contributed by atoms with Gasteiger partial charge in [-0.15, -0.1) is 0 Å². The largest absolute Gasteiger partial charge is 0.493 e. The first-order valence-electron chi connectivity index (χ1n) is 8.68. The lowest BCUT2D eigenvalue weighted by Gasteiger charge is -2.13. The molecule has 8 nitrogen and oxygen atoms in total. The standard InChI is InChI=1S/C21H16ClN3O5/c1-12-15(9-13-3-6-18(30-8-7-23)19(10-13)29-2)20(26)25(24-12)14-4-5-17(22)16(11-14)21(27)28/h3-6,9-11H,8H2,1-2H3,(H,27,28)/b15-9+. The van der Waals surface area contributed by atoms with Crippen LogP contribution in [0.25, 0.3) is 6.08 Å². The summed E-state index contributed by atoms with van der Waals surface area (Å²) < 4.78 is 10.6. The molecular formula is C21H16ClN3O5. The van der Waals surface area contributed by atoms with E-state index in [1.807, 2.05) is 6.07 Å². The number of hydrazone groups is 1. The van der Waals surface area contributed by atoms with Gasteiger partial charge in [-0.25, -0.2) is 4.79 Å². The number of nitrogens with zero attached hydrogens (tertiary/aromatic N) is 3. The number of anilines is 1. The van der Waals surface area contributed by atoms with Gasteiger partial charge in [0.2, 0.25) is 0 Å². The van der Waals surface area contributed by atoms with E-state index in [2.05, 4.69) is 5.10 Å². The quantitative estimate of drug-likeness (QED) is 0.705. The summed E-state index contributed by atoms with van der Waals surface area (Å²) in [5.41, 5.74) is 1.65. The van der Waals surface area contributed by atoms with Gasteiger partial charge in [0, 0.05) is 0 Å². The Balaban J connectivity index is 1.92. The van der Waals surface area contributed by atoms with Crippen LogP contribution in [0.5, 0.6) is 11.5 Å². The number of hydrogen-bond donors (Lipinski definition) is 1. The summed E-state index contributed by atoms with van der Waals surface area (Å²) in [6.07, 6.45) is 1.64. The number of ether oxygens (including phenoxy) is 2. The highest BCUT2D eigenvalue weighted by molar-refractivity contribution is 6.34. The molecule has 0 bridgehead atoms. The summed E-state index contributed by atoms with van der Waals surface area (Å²) in [5, 5.41) is 23.4. The van der Waals surface area contributed by atoms with E-state index in [4.69, 9.17) is 26.3 Å². The fraction of sp³-hybridized carbons (Fsp3) is 0.143. The van der Waals surface area contributed by atoms with Gasteiger partial charge in [-0.1, -0.05) is 17.7 Å². The number of carbonyl (C=O) groups excluding carboxylic acids is 1. The zero-order chi connectivity index (χ0) is 21.8. The fourth-order valence-electron chi connectivity index (χ4n) is 2.84. The monoisotopic (exact) mass is 425 g/mol. The zero-order valence-electron chi connectivity index (χ0n) is 16.0. The van der Waals surface area contributed by atoms with Gasteiger partial charge in [0.05, 0.1) is 34.7 Å². The smallest absolute Gasteiger partial charge is 0.337 e. The Morgan fingerprint density at radius 1 is 1.30 bits per heavy atom. The van der Waals surface area contributed by atoms with Crippen molar-refractivity contribution in [2.45, 2.75) is 6.92 Å². The number of carboxylic acid groups (broad SMARTS) is 1. The predicted octanol–water partition coefficient (Wildman–Crippen LogP) is 3.76. The Morgan fingerprint density at radius 2 is 2.07 bits per heavy atom. The van der Waals surface area contributed by atoms with Gasteiger partial charge in [-0.05, 0) is 48.9 Å². The highest BCUT2D eigenvalue weighted by Crippen LogP contribution is 2.31. The van der Waals surface area contributed by atoms with Crippen LogP contribution in [-0.2, 0) is 4.79 Å². The molecule has 1 N–H and O–H groups in total. The Kier molecular flexibility index (Phi) is 6.04. The third kappa shape index (κ3) is 4.11. The van der Waals surface area contributed by atoms with Crippen LogP contribution in [0.1, 0.15) is 22.8 Å². The number of rotatable bonds is 6. The number of nitriles is 1. The molecule has 0 fully saturated rings. The summed E-state index contributed by atoms with van der Waals surface area (Å²) in [6, 6.07) is 11.2. The number of hydrogen-bond acceptors (Lipinski definition) is 6. The topological polar surface area (TPSA) is 112 Å². The van der Waals surface area contributed by atoms with Crippen LogP contribution in [0.3, 0.4) is 0 Å². The van der Waals surface area contributed by atoms with Crippen LogP contribution in [0.4, 0.5) is 5.69 Å². The number of methoxy groups -OCH3 is 1. The highest BCUT2D eigenvalue weighted by Gasteiger charge is 2.29. The Bertz CT molecular complexity index is 1130. The molecule has 0 saturated heterocycles. The van der Waals surface area contributed by atoms with E-state index in [0.29, 0.717) is 34.0 Å². The molecule has 30 heavy (non-hydrogen) atoms. The van der Waals surface area contributed by atoms with Crippen molar-refractivity contribution in [2.75, 3.05) is 18.7 Å². The van der Waals surface area contributed by atoms with Crippen LogP contribution in [0, 0.1) is 11.3 Å². The number of carboxylic acids is 1. The van der Waals surface area contributed by atoms with Gasteiger partial charge < -0.3 is 14.6 Å². The van der Waals surface area contributed by atoms with Crippen molar-refractivity contribution in [2.24, 2.45) is 5.10 Å². The maximum atomic E-state index is 12.9. The lowest BCUT2D eigenvalue weighted by Crippen LogP contribution is -2.21. The molecule has 2 aromatic carbocycles. The minimum atomic E-state index is -1.20. The third-order valence-corrected chi connectivity index (χ3v) is 4.61. The van der Waals surface area contributed by atoms with E-state index >= 15 is 0 Å². The molecule has 1 amide bonds. The minimum Gasteiger partial charge on any atom is -0.493 e. The molecule has 0 radical (unpaired) electrons. The lowest BCUT2D eigenvalue weighted by molar-refractivity contribution is -0.114. The molecule has 1 heterocycles. The van der Waals surface area contributed by atoms with E-state index < -0.39 is 11.9 Å². The van der Waals surface area contributed by atoms with Gasteiger partial charge in [-0.2, -0.15) is 15.4 Å². The summed E-state index contributed by atoms with van der Waals surface area (Å²) >= 11 is 5.90. The third-order valence-electron chi connectivity index (χ3n) is 4.28. The normalized spacial score (nSPS) is 14.5. The first-order chi connectivity index (χ1) is 14.3. The van der Waals surface area contributed by atoms with E-state index in [1.54, 1.807) is 31.2 Å². The van der Waals surface area contributed by atoms with Crippen molar-refractivity contribution < 1.29 is 24.2 Å². The summed E-state index contributed by atoms with van der Waals surface area (Å²) in [6.45, 7) is 1.56. The maximum absolute atomic E-state index is 12.9. The second kappa shape index (κ2) is 8.68. The number of halogens is 1. The molecule has 0 aliphatic carbocycles. The Morgan fingerprint density at radius 3 is 2.73 bits per heavy atom. The number of carbonyl (C=O) groups is 2. The van der Waals surface area contributed by atoms with Crippen molar-refractivity contribution in [1.29, 1.82) is 5.26 Å². The second-order valence-electron chi connectivity index (χ2n) is 6.19. The van der Waals surface area contributed by atoms with Gasteiger partial charge in [0.15, 0.2) is 18.1 Å². The molecule has 0 saturated carbocycles. The number of amides is 1. The molecule has 0 unspecified atom stereocenters. The van der Waals surface area contributed by atoms with Crippen molar-refractivity contribution >= 4 is 41.0 Å². The Labute approximate surface area is 177 Å². The molecule has 1 aliphatic heterocycles. The van der Waals surface area contributed by atoms with Crippen molar-refractivity contribution in [3.8, 4) is 17.6 Å². The molecule has 1 aliphatic rings. The molecule has 3 rings (SSSR count). The Hall–Kier alpha value is -3.83. The molecule has 0 spiro atoms. The maximum Gasteiger partial charge on any atom is 0.337 e. The second-order valence-corrected chi connectivity index (χ2v) is 6.59. The number of benzene rings is 2. The number of aromatic carboxylic acids is 1. The first-order valence-corrected chi connectivity index (χ1v) is 9.06. The average Bonchev–Trinajstić information content (AvgIpc) is 3.01. The van der Waals surface area contributed by atoms with Crippen molar-refractivity contribution in [1.82, 2.24) is 0 Å². The molecular weight excluding hydrogens is 410 g/mol. The van der Waals surface area contributed by atoms with Crippen LogP contribution in [0.15, 0.2) is 47.1 Å². The minimum absolute atomic E-state index is 0.0696. The van der Waals surface area contributed by atoms with E-state index in [9.17, 15) is 14.7 Å². The predicted molar refractivity (Wildman–Crippen MR) is 111 cm³/mol. The summed E-state index contributed by atoms with van der Waals surface area (Å²) in [5.74, 6) is -0.778. The van der Waals surface area contributed by atoms with Crippen LogP contribution >= 0.6 is 11.6 Å². The van der Waals surface area contributed by atoms with Crippen LogP contribution in [-0.4, -0.2) is 36.4 Å².